The second-order valence-corrected chi connectivity index (χ2v) is 8.04. The van der Waals surface area contributed by atoms with Crippen molar-refractivity contribution in [2.45, 2.75) is 33.6 Å². The Morgan fingerprint density at radius 2 is 1.79 bits per heavy atom. The number of rotatable bonds is 4. The zero-order chi connectivity index (χ0) is 20.5. The van der Waals surface area contributed by atoms with Crippen molar-refractivity contribution in [2.75, 3.05) is 0 Å². The van der Waals surface area contributed by atoms with Gasteiger partial charge in [-0.1, -0.05) is 55.6 Å². The number of hydrogen-bond donors (Lipinski definition) is 0. The Labute approximate surface area is 174 Å². The van der Waals surface area contributed by atoms with Crippen LogP contribution < -0.4 is 0 Å². The largest absolute Gasteiger partial charge is 0.264 e. The molecule has 0 saturated carbocycles. The van der Waals surface area contributed by atoms with Crippen LogP contribution in [0.25, 0.3) is 16.7 Å². The summed E-state index contributed by atoms with van der Waals surface area (Å²) in [6.45, 7) is 15.4. The molecule has 29 heavy (non-hydrogen) atoms. The molecule has 0 amide bonds. The molecule has 1 heteroatoms. The van der Waals surface area contributed by atoms with E-state index in [4.69, 9.17) is 0 Å². The highest BCUT2D eigenvalue weighted by Gasteiger charge is 2.24. The summed E-state index contributed by atoms with van der Waals surface area (Å²) in [5.41, 5.74) is 13.8. The first-order valence-corrected chi connectivity index (χ1v) is 10.1. The standard InChI is InChI=1S/C28H27N/c1-18-11-12-23(14-20(18)3)27-16-24-9-6-8-19(2)28(24)22(5)26(27)15-21(4)25-10-7-13-29-17-25/h6-14,17H,4-5,15-16H2,1-3H3. The van der Waals surface area contributed by atoms with Crippen LogP contribution in [0.1, 0.15) is 45.4 Å². The van der Waals surface area contributed by atoms with Crippen molar-refractivity contribution in [3.8, 4) is 0 Å². The van der Waals surface area contributed by atoms with E-state index in [-0.39, 0.29) is 0 Å². The molecule has 1 aromatic heterocycles. The monoisotopic (exact) mass is 377 g/mol. The minimum atomic E-state index is 0.778. The zero-order valence-corrected chi connectivity index (χ0v) is 17.5. The number of nitrogens with zero attached hydrogens (tertiary/aromatic N) is 1. The lowest BCUT2D eigenvalue weighted by atomic mass is 9.76. The van der Waals surface area contributed by atoms with Gasteiger partial charge < -0.3 is 0 Å². The second kappa shape index (κ2) is 7.67. The molecule has 0 aliphatic heterocycles. The topological polar surface area (TPSA) is 12.9 Å². The molecule has 0 bridgehead atoms. The van der Waals surface area contributed by atoms with E-state index in [1.807, 2.05) is 12.3 Å². The number of fused-ring (bicyclic) bond motifs is 1. The third-order valence-corrected chi connectivity index (χ3v) is 6.07. The molecule has 1 aliphatic rings. The van der Waals surface area contributed by atoms with Crippen LogP contribution >= 0.6 is 0 Å². The van der Waals surface area contributed by atoms with Crippen molar-refractivity contribution < 1.29 is 0 Å². The fraction of sp³-hybridized carbons (Fsp3) is 0.179. The third-order valence-electron chi connectivity index (χ3n) is 6.07. The van der Waals surface area contributed by atoms with Gasteiger partial charge in [0.1, 0.15) is 0 Å². The van der Waals surface area contributed by atoms with Crippen LogP contribution in [-0.4, -0.2) is 4.98 Å². The normalized spacial score (nSPS) is 13.4. The van der Waals surface area contributed by atoms with Crippen molar-refractivity contribution >= 4 is 16.7 Å². The van der Waals surface area contributed by atoms with Crippen molar-refractivity contribution in [1.82, 2.24) is 4.98 Å². The Kier molecular flexibility index (Phi) is 5.07. The van der Waals surface area contributed by atoms with Gasteiger partial charge >= 0.3 is 0 Å². The predicted molar refractivity (Wildman–Crippen MR) is 125 cm³/mol. The van der Waals surface area contributed by atoms with Gasteiger partial charge in [-0.15, -0.1) is 0 Å². The van der Waals surface area contributed by atoms with E-state index in [9.17, 15) is 0 Å². The summed E-state index contributed by atoms with van der Waals surface area (Å²) in [5, 5.41) is 0. The molecule has 1 nitrogen and oxygen atoms in total. The minimum Gasteiger partial charge on any atom is -0.264 e. The maximum atomic E-state index is 4.55. The third kappa shape index (κ3) is 3.61. The summed E-state index contributed by atoms with van der Waals surface area (Å²) >= 11 is 0. The summed E-state index contributed by atoms with van der Waals surface area (Å²) in [6.07, 6.45) is 5.40. The summed E-state index contributed by atoms with van der Waals surface area (Å²) in [7, 11) is 0. The highest BCUT2D eigenvalue weighted by atomic mass is 14.6. The molecule has 0 radical (unpaired) electrons. The lowest BCUT2D eigenvalue weighted by molar-refractivity contribution is 1.15. The van der Waals surface area contributed by atoms with Gasteiger partial charge in [0.05, 0.1) is 0 Å². The van der Waals surface area contributed by atoms with E-state index < -0.39 is 0 Å². The Hall–Kier alpha value is -3.19. The van der Waals surface area contributed by atoms with Crippen LogP contribution in [0.3, 0.4) is 0 Å². The number of aromatic nitrogens is 1. The smallest absolute Gasteiger partial charge is 0.0342 e. The molecule has 3 aromatic rings. The average molecular weight is 378 g/mol. The minimum absolute atomic E-state index is 0.778. The van der Waals surface area contributed by atoms with Crippen molar-refractivity contribution in [3.05, 3.63) is 119 Å². The summed E-state index contributed by atoms with van der Waals surface area (Å²) in [4.78, 5) is 4.27. The SMILES string of the molecule is C=C(CC1=C(c2ccc(C)c(C)c2)Cc2cccc(C)c2C1=C)c1cccnc1. The first kappa shape index (κ1) is 19.1. The molecule has 0 saturated heterocycles. The quantitative estimate of drug-likeness (QED) is 0.471. The molecular formula is C28H27N. The van der Waals surface area contributed by atoms with Gasteiger partial charge in [-0.3, -0.25) is 4.98 Å². The van der Waals surface area contributed by atoms with Gasteiger partial charge in [0.25, 0.3) is 0 Å². The highest BCUT2D eigenvalue weighted by Crippen LogP contribution is 2.43. The summed E-state index contributed by atoms with van der Waals surface area (Å²) in [5.74, 6) is 0. The number of aryl methyl sites for hydroxylation is 3. The van der Waals surface area contributed by atoms with E-state index in [0.29, 0.717) is 0 Å². The molecule has 2 aromatic carbocycles. The number of benzene rings is 2. The average Bonchev–Trinajstić information content (AvgIpc) is 2.72. The van der Waals surface area contributed by atoms with Crippen LogP contribution in [0.5, 0.6) is 0 Å². The van der Waals surface area contributed by atoms with Crippen LogP contribution in [-0.2, 0) is 6.42 Å². The summed E-state index contributed by atoms with van der Waals surface area (Å²) in [6, 6.07) is 17.4. The summed E-state index contributed by atoms with van der Waals surface area (Å²) < 4.78 is 0. The van der Waals surface area contributed by atoms with E-state index in [0.717, 1.165) is 29.6 Å². The fourth-order valence-corrected chi connectivity index (χ4v) is 4.24. The fourth-order valence-electron chi connectivity index (χ4n) is 4.24. The molecule has 0 N–H and O–H groups in total. The van der Waals surface area contributed by atoms with Crippen LogP contribution in [0.15, 0.2) is 79.7 Å². The first-order valence-electron chi connectivity index (χ1n) is 10.1. The molecule has 1 heterocycles. The van der Waals surface area contributed by atoms with E-state index in [2.05, 4.69) is 81.4 Å². The van der Waals surface area contributed by atoms with Crippen LogP contribution in [0, 0.1) is 20.8 Å². The Balaban J connectivity index is 1.85. The number of allylic oxidation sites excluding steroid dienone is 4. The molecule has 0 unspecified atom stereocenters. The lowest BCUT2D eigenvalue weighted by Gasteiger charge is -2.28. The molecule has 0 spiro atoms. The van der Waals surface area contributed by atoms with Crippen LogP contribution in [0.2, 0.25) is 0 Å². The van der Waals surface area contributed by atoms with Crippen molar-refractivity contribution in [2.24, 2.45) is 0 Å². The first-order chi connectivity index (χ1) is 14.0. The second-order valence-electron chi connectivity index (χ2n) is 8.04. The van der Waals surface area contributed by atoms with Gasteiger partial charge in [-0.25, -0.2) is 0 Å². The Morgan fingerprint density at radius 1 is 0.966 bits per heavy atom. The highest BCUT2D eigenvalue weighted by molar-refractivity contribution is 5.96. The predicted octanol–water partition coefficient (Wildman–Crippen LogP) is 7.13. The molecule has 144 valence electrons. The maximum Gasteiger partial charge on any atom is 0.0342 e. The Morgan fingerprint density at radius 3 is 2.52 bits per heavy atom. The molecule has 4 rings (SSSR count). The Bertz CT molecular complexity index is 1150. The van der Waals surface area contributed by atoms with Gasteiger partial charge in [0, 0.05) is 12.4 Å². The zero-order valence-electron chi connectivity index (χ0n) is 17.5. The molecule has 0 fully saturated rings. The molecule has 0 atom stereocenters. The van der Waals surface area contributed by atoms with E-state index >= 15 is 0 Å². The van der Waals surface area contributed by atoms with Gasteiger partial charge in [0.2, 0.25) is 0 Å². The maximum absolute atomic E-state index is 4.55. The van der Waals surface area contributed by atoms with E-state index in [1.54, 1.807) is 6.20 Å². The number of hydrogen-bond acceptors (Lipinski definition) is 1. The number of pyridine rings is 1. The van der Waals surface area contributed by atoms with Gasteiger partial charge in [-0.05, 0) is 101 Å². The van der Waals surface area contributed by atoms with Gasteiger partial charge in [0.15, 0.2) is 0 Å². The molecular weight excluding hydrogens is 350 g/mol. The van der Waals surface area contributed by atoms with Gasteiger partial charge in [-0.2, -0.15) is 0 Å². The molecule has 1 aliphatic carbocycles. The van der Waals surface area contributed by atoms with Crippen LogP contribution in [0.4, 0.5) is 0 Å². The van der Waals surface area contributed by atoms with E-state index in [1.165, 1.54) is 44.5 Å². The lowest BCUT2D eigenvalue weighted by Crippen LogP contribution is -2.10. The van der Waals surface area contributed by atoms with Crippen molar-refractivity contribution in [3.63, 3.8) is 0 Å². The van der Waals surface area contributed by atoms with Crippen molar-refractivity contribution in [1.29, 1.82) is 0 Å².